The predicted octanol–water partition coefficient (Wildman–Crippen LogP) is -0.281. The third-order valence-electron chi connectivity index (χ3n) is 3.14. The van der Waals surface area contributed by atoms with Crippen LogP contribution in [-0.2, 0) is 6.54 Å². The molecule has 1 fully saturated rings. The fourth-order valence-electron chi connectivity index (χ4n) is 1.92. The van der Waals surface area contributed by atoms with E-state index in [4.69, 9.17) is 5.11 Å². The quantitative estimate of drug-likeness (QED) is 0.770. The molecule has 0 bridgehead atoms. The van der Waals surface area contributed by atoms with E-state index < -0.39 is 35.6 Å². The Balaban J connectivity index is 2.24. The highest BCUT2D eigenvalue weighted by molar-refractivity contribution is 5.07. The van der Waals surface area contributed by atoms with Crippen LogP contribution in [0.2, 0.25) is 0 Å². The summed E-state index contributed by atoms with van der Waals surface area (Å²) in [6, 6.07) is 0. The first-order valence-corrected chi connectivity index (χ1v) is 5.17. The second-order valence-electron chi connectivity index (χ2n) is 4.29. The van der Waals surface area contributed by atoms with Crippen molar-refractivity contribution in [2.45, 2.75) is 19.4 Å². The molecule has 7 heteroatoms. The topological polar surface area (TPSA) is 75.1 Å². The van der Waals surface area contributed by atoms with Crippen molar-refractivity contribution in [1.82, 2.24) is 9.55 Å². The first kappa shape index (κ1) is 12.0. The van der Waals surface area contributed by atoms with E-state index in [9.17, 15) is 18.4 Å². The van der Waals surface area contributed by atoms with Gasteiger partial charge in [-0.05, 0) is 6.92 Å². The summed E-state index contributed by atoms with van der Waals surface area (Å²) in [7, 11) is 0. The maximum Gasteiger partial charge on any atom is 0.328 e. The number of halogens is 2. The second-order valence-corrected chi connectivity index (χ2v) is 4.29. The lowest BCUT2D eigenvalue weighted by atomic mass is 10.3. The summed E-state index contributed by atoms with van der Waals surface area (Å²) in [6.07, 6.45) is 1.25. The van der Waals surface area contributed by atoms with E-state index in [2.05, 4.69) is 0 Å². The molecule has 5 nitrogen and oxygen atoms in total. The summed E-state index contributed by atoms with van der Waals surface area (Å²) in [4.78, 5) is 24.5. The smallest absolute Gasteiger partial charge is 0.328 e. The zero-order chi connectivity index (χ0) is 12.8. The lowest BCUT2D eigenvalue weighted by Crippen LogP contribution is -2.31. The molecule has 0 aliphatic heterocycles. The largest absolute Gasteiger partial charge is 0.396 e. The van der Waals surface area contributed by atoms with Gasteiger partial charge in [-0.2, -0.15) is 0 Å². The van der Waals surface area contributed by atoms with Crippen molar-refractivity contribution in [1.29, 1.82) is 0 Å². The number of hydrogen-bond acceptors (Lipinski definition) is 3. The number of nitrogens with zero attached hydrogens (tertiary/aromatic N) is 1. The van der Waals surface area contributed by atoms with E-state index in [1.807, 2.05) is 4.98 Å². The van der Waals surface area contributed by atoms with E-state index >= 15 is 0 Å². The van der Waals surface area contributed by atoms with Crippen LogP contribution in [0.3, 0.4) is 0 Å². The molecular weight excluding hydrogens is 234 g/mol. The van der Waals surface area contributed by atoms with Gasteiger partial charge < -0.3 is 5.11 Å². The van der Waals surface area contributed by atoms with E-state index in [1.165, 1.54) is 13.1 Å². The average Bonchev–Trinajstić information content (AvgIpc) is 2.76. The van der Waals surface area contributed by atoms with Gasteiger partial charge in [-0.15, -0.1) is 0 Å². The predicted molar refractivity (Wildman–Crippen MR) is 55.1 cm³/mol. The Morgan fingerprint density at radius 2 is 2.12 bits per heavy atom. The molecule has 0 aromatic carbocycles. The van der Waals surface area contributed by atoms with Crippen molar-refractivity contribution in [3.05, 3.63) is 32.6 Å². The minimum atomic E-state index is -2.93. The summed E-state index contributed by atoms with van der Waals surface area (Å²) < 4.78 is 27.3. The normalized spacial score (nSPS) is 25.9. The number of aromatic amines is 1. The van der Waals surface area contributed by atoms with Crippen LogP contribution in [0.1, 0.15) is 5.56 Å². The van der Waals surface area contributed by atoms with E-state index in [1.54, 1.807) is 0 Å². The molecule has 1 aliphatic rings. The SMILES string of the molecule is Cc1cn(C[C@@H]2[C@H](CO)C2(F)F)c(=O)[nH]c1=O. The number of aryl methyl sites for hydroxylation is 1. The highest BCUT2D eigenvalue weighted by Crippen LogP contribution is 2.55. The molecule has 0 spiro atoms. The molecule has 1 saturated carbocycles. The molecule has 0 amide bonds. The standard InChI is InChI=1S/C10H12F2N2O3/c1-5-2-14(9(17)13-8(5)16)3-6-7(4-15)10(6,11)12/h2,6-7,15H,3-4H2,1H3,(H,13,16,17)/t6-,7+/m1/s1. The zero-order valence-corrected chi connectivity index (χ0v) is 9.11. The number of hydrogen-bond donors (Lipinski definition) is 2. The minimum absolute atomic E-state index is 0.200. The third kappa shape index (κ3) is 1.90. The van der Waals surface area contributed by atoms with Gasteiger partial charge >= 0.3 is 5.69 Å². The van der Waals surface area contributed by atoms with E-state index in [0.717, 1.165) is 4.57 Å². The van der Waals surface area contributed by atoms with Gasteiger partial charge in [0.2, 0.25) is 0 Å². The van der Waals surface area contributed by atoms with Crippen molar-refractivity contribution < 1.29 is 13.9 Å². The van der Waals surface area contributed by atoms with Crippen molar-refractivity contribution in [2.75, 3.05) is 6.61 Å². The monoisotopic (exact) mass is 246 g/mol. The molecule has 17 heavy (non-hydrogen) atoms. The van der Waals surface area contributed by atoms with Crippen LogP contribution < -0.4 is 11.2 Å². The number of aliphatic hydroxyl groups excluding tert-OH is 1. The Labute approximate surface area is 94.7 Å². The lowest BCUT2D eigenvalue weighted by Gasteiger charge is -2.04. The molecule has 2 N–H and O–H groups in total. The van der Waals surface area contributed by atoms with Crippen LogP contribution >= 0.6 is 0 Å². The summed E-state index contributed by atoms with van der Waals surface area (Å²) in [5, 5.41) is 8.73. The van der Waals surface area contributed by atoms with Gasteiger partial charge in [-0.3, -0.25) is 14.3 Å². The Morgan fingerprint density at radius 3 is 2.65 bits per heavy atom. The zero-order valence-electron chi connectivity index (χ0n) is 9.11. The van der Waals surface area contributed by atoms with Crippen LogP contribution in [0.15, 0.2) is 15.8 Å². The number of rotatable bonds is 3. The molecule has 94 valence electrons. The van der Waals surface area contributed by atoms with Crippen molar-refractivity contribution in [2.24, 2.45) is 11.8 Å². The van der Waals surface area contributed by atoms with Crippen molar-refractivity contribution in [3.63, 3.8) is 0 Å². The Bertz CT molecular complexity index is 549. The summed E-state index contributed by atoms with van der Waals surface area (Å²) in [5.41, 5.74) is -0.943. The molecule has 0 saturated heterocycles. The van der Waals surface area contributed by atoms with E-state index in [0.29, 0.717) is 0 Å². The number of H-pyrrole nitrogens is 1. The van der Waals surface area contributed by atoms with Gasteiger partial charge in [0.15, 0.2) is 0 Å². The van der Waals surface area contributed by atoms with Crippen LogP contribution in [-0.4, -0.2) is 27.2 Å². The third-order valence-corrected chi connectivity index (χ3v) is 3.14. The van der Waals surface area contributed by atoms with Gasteiger partial charge in [-0.1, -0.05) is 0 Å². The first-order valence-electron chi connectivity index (χ1n) is 5.17. The van der Waals surface area contributed by atoms with Gasteiger partial charge in [0.05, 0.1) is 18.4 Å². The Morgan fingerprint density at radius 1 is 1.47 bits per heavy atom. The number of nitrogens with one attached hydrogen (secondary N) is 1. The molecule has 0 unspecified atom stereocenters. The fraction of sp³-hybridized carbons (Fsp3) is 0.600. The molecule has 1 aromatic rings. The molecule has 2 atom stereocenters. The average molecular weight is 246 g/mol. The maximum absolute atomic E-state index is 13.1. The number of aliphatic hydroxyl groups is 1. The first-order chi connectivity index (χ1) is 7.87. The highest BCUT2D eigenvalue weighted by atomic mass is 19.3. The number of alkyl halides is 2. The van der Waals surface area contributed by atoms with Crippen LogP contribution in [0.4, 0.5) is 8.78 Å². The van der Waals surface area contributed by atoms with Crippen LogP contribution in [0.5, 0.6) is 0 Å². The molecule has 1 heterocycles. The van der Waals surface area contributed by atoms with Crippen LogP contribution in [0, 0.1) is 18.8 Å². The van der Waals surface area contributed by atoms with Gasteiger partial charge in [0.1, 0.15) is 0 Å². The summed E-state index contributed by atoms with van der Waals surface area (Å²) in [5.74, 6) is -5.07. The highest BCUT2D eigenvalue weighted by Gasteiger charge is 2.67. The molecular formula is C10H12F2N2O3. The van der Waals surface area contributed by atoms with Crippen molar-refractivity contribution >= 4 is 0 Å². The minimum Gasteiger partial charge on any atom is -0.396 e. The molecule has 1 aromatic heterocycles. The molecule has 0 radical (unpaired) electrons. The fourth-order valence-corrected chi connectivity index (χ4v) is 1.92. The lowest BCUT2D eigenvalue weighted by molar-refractivity contribution is 0.0701. The Kier molecular flexibility index (Phi) is 2.65. The van der Waals surface area contributed by atoms with E-state index in [-0.39, 0.29) is 12.1 Å². The second kappa shape index (κ2) is 3.76. The number of aromatic nitrogens is 2. The van der Waals surface area contributed by atoms with Gasteiger partial charge in [0, 0.05) is 18.3 Å². The van der Waals surface area contributed by atoms with Gasteiger partial charge in [-0.25, -0.2) is 13.6 Å². The molecule has 2 rings (SSSR count). The van der Waals surface area contributed by atoms with Gasteiger partial charge in [0.25, 0.3) is 11.5 Å². The Hall–Kier alpha value is -1.50. The summed E-state index contributed by atoms with van der Waals surface area (Å²) >= 11 is 0. The molecule has 1 aliphatic carbocycles. The van der Waals surface area contributed by atoms with Crippen molar-refractivity contribution in [3.8, 4) is 0 Å². The van der Waals surface area contributed by atoms with Crippen LogP contribution in [0.25, 0.3) is 0 Å². The maximum atomic E-state index is 13.1. The summed E-state index contributed by atoms with van der Waals surface area (Å²) in [6.45, 7) is 0.687.